The highest BCUT2D eigenvalue weighted by Crippen LogP contribution is 2.06. The molecular formula is C8H9F. The molecule has 0 radical (unpaired) electrons. The second-order valence-corrected chi connectivity index (χ2v) is 2.25. The quantitative estimate of drug-likeness (QED) is 0.498. The van der Waals surface area contributed by atoms with Gasteiger partial charge in [-0.15, -0.1) is 0 Å². The number of aryl methyl sites for hydroxylation is 2. The smallest absolute Gasteiger partial charge is 0.126 e. The molecule has 0 saturated heterocycles. The van der Waals surface area contributed by atoms with Crippen LogP contribution in [0.3, 0.4) is 0 Å². The van der Waals surface area contributed by atoms with Crippen molar-refractivity contribution in [2.24, 2.45) is 0 Å². The van der Waals surface area contributed by atoms with Crippen molar-refractivity contribution in [3.63, 3.8) is 0 Å². The number of benzene rings is 1. The standard InChI is InChI=1S/C8H9F/c1-6-3-4-7(2)8(9)5-6/h3-5H,1-2H3. The van der Waals surface area contributed by atoms with Crippen LogP contribution >= 0.6 is 0 Å². The lowest BCUT2D eigenvalue weighted by molar-refractivity contribution is 0.617. The van der Waals surface area contributed by atoms with Crippen LogP contribution in [0, 0.1) is 19.7 Å². The number of hydrogen-bond acceptors (Lipinski definition) is 0. The zero-order valence-electron chi connectivity index (χ0n) is 5.61. The van der Waals surface area contributed by atoms with Gasteiger partial charge in [-0.3, -0.25) is 0 Å². The molecule has 0 fully saturated rings. The topological polar surface area (TPSA) is 0 Å². The normalized spacial score (nSPS) is 9.67. The molecule has 0 aliphatic rings. The minimum atomic E-state index is -0.116. The molecule has 9 heavy (non-hydrogen) atoms. The number of hydrogen-bond donors (Lipinski definition) is 0. The Morgan fingerprint density at radius 1 is 1.22 bits per heavy atom. The minimum Gasteiger partial charge on any atom is -0.207 e. The van der Waals surface area contributed by atoms with E-state index in [2.05, 4.69) is 0 Å². The summed E-state index contributed by atoms with van der Waals surface area (Å²) in [6.07, 6.45) is 0. The van der Waals surface area contributed by atoms with Crippen molar-refractivity contribution >= 4 is 0 Å². The van der Waals surface area contributed by atoms with Gasteiger partial charge in [-0.05, 0) is 31.0 Å². The highest BCUT2D eigenvalue weighted by Gasteiger charge is 1.93. The van der Waals surface area contributed by atoms with Crippen LogP contribution < -0.4 is 0 Å². The highest BCUT2D eigenvalue weighted by atomic mass is 19.1. The zero-order valence-corrected chi connectivity index (χ0v) is 5.61. The Morgan fingerprint density at radius 3 is 2.33 bits per heavy atom. The molecule has 1 heteroatoms. The zero-order chi connectivity index (χ0) is 6.85. The average molecular weight is 124 g/mol. The van der Waals surface area contributed by atoms with Crippen molar-refractivity contribution in [3.8, 4) is 0 Å². The SMILES string of the molecule is Cc1ccc(C)c(F)c1. The predicted octanol–water partition coefficient (Wildman–Crippen LogP) is 2.44. The van der Waals surface area contributed by atoms with Crippen molar-refractivity contribution in [2.75, 3.05) is 0 Å². The maximum Gasteiger partial charge on any atom is 0.126 e. The van der Waals surface area contributed by atoms with E-state index in [1.165, 1.54) is 6.07 Å². The average Bonchev–Trinajstić information content (AvgIpc) is 1.80. The molecule has 0 unspecified atom stereocenters. The van der Waals surface area contributed by atoms with Gasteiger partial charge in [0.15, 0.2) is 0 Å². The maximum absolute atomic E-state index is 12.6. The first-order valence-corrected chi connectivity index (χ1v) is 2.93. The summed E-state index contributed by atoms with van der Waals surface area (Å²) >= 11 is 0. The van der Waals surface area contributed by atoms with Crippen molar-refractivity contribution in [1.29, 1.82) is 0 Å². The summed E-state index contributed by atoms with van der Waals surface area (Å²) < 4.78 is 12.6. The third-order valence-electron chi connectivity index (χ3n) is 1.33. The fourth-order valence-electron chi connectivity index (χ4n) is 0.698. The molecule has 48 valence electrons. The molecule has 1 aromatic rings. The van der Waals surface area contributed by atoms with Gasteiger partial charge in [0.1, 0.15) is 5.82 Å². The molecule has 0 aliphatic carbocycles. The van der Waals surface area contributed by atoms with E-state index in [1.54, 1.807) is 13.0 Å². The first kappa shape index (κ1) is 6.27. The summed E-state index contributed by atoms with van der Waals surface area (Å²) in [5.41, 5.74) is 1.68. The van der Waals surface area contributed by atoms with Gasteiger partial charge < -0.3 is 0 Å². The van der Waals surface area contributed by atoms with Crippen molar-refractivity contribution < 1.29 is 4.39 Å². The first-order chi connectivity index (χ1) is 4.20. The molecule has 0 N–H and O–H groups in total. The minimum absolute atomic E-state index is 0.116. The van der Waals surface area contributed by atoms with Gasteiger partial charge in [0, 0.05) is 0 Å². The largest absolute Gasteiger partial charge is 0.207 e. The molecule has 0 heterocycles. The molecule has 0 nitrogen and oxygen atoms in total. The fraction of sp³-hybridized carbons (Fsp3) is 0.250. The molecule has 0 spiro atoms. The molecular weight excluding hydrogens is 115 g/mol. The van der Waals surface area contributed by atoms with E-state index in [4.69, 9.17) is 0 Å². The van der Waals surface area contributed by atoms with Crippen LogP contribution in [-0.2, 0) is 0 Å². The molecule has 0 amide bonds. The third-order valence-corrected chi connectivity index (χ3v) is 1.33. The van der Waals surface area contributed by atoms with E-state index in [9.17, 15) is 4.39 Å². The summed E-state index contributed by atoms with van der Waals surface area (Å²) in [6, 6.07) is 5.22. The van der Waals surface area contributed by atoms with Crippen LogP contribution in [0.2, 0.25) is 0 Å². The molecule has 0 atom stereocenters. The molecule has 0 aliphatic heterocycles. The van der Waals surface area contributed by atoms with Crippen LogP contribution in [-0.4, -0.2) is 0 Å². The molecule has 0 saturated carbocycles. The van der Waals surface area contributed by atoms with Gasteiger partial charge in [-0.1, -0.05) is 12.1 Å². The Kier molecular flexibility index (Phi) is 1.52. The monoisotopic (exact) mass is 124 g/mol. The summed E-state index contributed by atoms with van der Waals surface area (Å²) in [6.45, 7) is 3.64. The Hall–Kier alpha value is -0.850. The first-order valence-electron chi connectivity index (χ1n) is 2.93. The van der Waals surface area contributed by atoms with Crippen LogP contribution in [0.5, 0.6) is 0 Å². The predicted molar refractivity (Wildman–Crippen MR) is 35.9 cm³/mol. The lowest BCUT2D eigenvalue weighted by Gasteiger charge is -1.94. The summed E-state index contributed by atoms with van der Waals surface area (Å²) in [5.74, 6) is -0.116. The van der Waals surface area contributed by atoms with Crippen LogP contribution in [0.15, 0.2) is 18.2 Å². The van der Waals surface area contributed by atoms with Gasteiger partial charge in [0.25, 0.3) is 0 Å². The fourth-order valence-corrected chi connectivity index (χ4v) is 0.698. The van der Waals surface area contributed by atoms with Crippen LogP contribution in [0.25, 0.3) is 0 Å². The summed E-state index contributed by atoms with van der Waals surface area (Å²) in [4.78, 5) is 0. The van der Waals surface area contributed by atoms with Crippen molar-refractivity contribution in [3.05, 3.63) is 35.1 Å². The second kappa shape index (κ2) is 2.18. The summed E-state index contributed by atoms with van der Waals surface area (Å²) in [7, 11) is 0. The van der Waals surface area contributed by atoms with Crippen LogP contribution in [0.4, 0.5) is 4.39 Å². The van der Waals surface area contributed by atoms with Gasteiger partial charge in [0.05, 0.1) is 0 Å². The Morgan fingerprint density at radius 2 is 1.89 bits per heavy atom. The van der Waals surface area contributed by atoms with E-state index in [-0.39, 0.29) is 5.82 Å². The highest BCUT2D eigenvalue weighted by molar-refractivity contribution is 5.21. The van der Waals surface area contributed by atoms with E-state index in [1.807, 2.05) is 13.0 Å². The second-order valence-electron chi connectivity index (χ2n) is 2.25. The Balaban J connectivity index is 3.17. The van der Waals surface area contributed by atoms with Gasteiger partial charge in [-0.25, -0.2) is 4.39 Å². The maximum atomic E-state index is 12.6. The lowest BCUT2D eigenvalue weighted by Crippen LogP contribution is -1.81. The van der Waals surface area contributed by atoms with Crippen LogP contribution in [0.1, 0.15) is 11.1 Å². The summed E-state index contributed by atoms with van der Waals surface area (Å²) in [5, 5.41) is 0. The molecule has 0 aromatic heterocycles. The Bertz CT molecular complexity index is 216. The van der Waals surface area contributed by atoms with E-state index < -0.39 is 0 Å². The van der Waals surface area contributed by atoms with Crippen molar-refractivity contribution in [2.45, 2.75) is 13.8 Å². The molecule has 1 rings (SSSR count). The van der Waals surface area contributed by atoms with E-state index in [0.29, 0.717) is 5.56 Å². The Labute approximate surface area is 54.3 Å². The number of halogens is 1. The van der Waals surface area contributed by atoms with Gasteiger partial charge in [-0.2, -0.15) is 0 Å². The molecule has 0 bridgehead atoms. The van der Waals surface area contributed by atoms with Gasteiger partial charge in [0.2, 0.25) is 0 Å². The lowest BCUT2D eigenvalue weighted by atomic mass is 10.2. The molecule has 1 aromatic carbocycles. The van der Waals surface area contributed by atoms with E-state index in [0.717, 1.165) is 5.56 Å². The van der Waals surface area contributed by atoms with Gasteiger partial charge >= 0.3 is 0 Å². The third kappa shape index (κ3) is 1.28. The van der Waals surface area contributed by atoms with E-state index >= 15 is 0 Å². The number of rotatable bonds is 0. The van der Waals surface area contributed by atoms with Crippen molar-refractivity contribution in [1.82, 2.24) is 0 Å².